The van der Waals surface area contributed by atoms with Gasteiger partial charge in [-0.3, -0.25) is 0 Å². The molecule has 0 spiro atoms. The molecule has 0 amide bonds. The van der Waals surface area contributed by atoms with Gasteiger partial charge in [0.15, 0.2) is 0 Å². The summed E-state index contributed by atoms with van der Waals surface area (Å²) in [6, 6.07) is 0. The molecule has 1 nitrogen and oxygen atoms in total. The van der Waals surface area contributed by atoms with E-state index < -0.39 is 0 Å². The monoisotopic (exact) mass is 200 g/mol. The molecule has 1 rings (SSSR count). The lowest BCUT2D eigenvalue weighted by Crippen LogP contribution is -2.30. The molecule has 0 heterocycles. The van der Waals surface area contributed by atoms with E-state index in [0.29, 0.717) is 6.10 Å². The van der Waals surface area contributed by atoms with Crippen LogP contribution >= 0.6 is 0 Å². The van der Waals surface area contributed by atoms with E-state index in [9.17, 15) is 0 Å². The average Bonchev–Trinajstić information content (AvgIpc) is 2.20. The number of ether oxygens (including phenoxy) is 1. The lowest BCUT2D eigenvalue weighted by atomic mass is 9.73. The van der Waals surface area contributed by atoms with E-state index in [1.165, 1.54) is 19.3 Å². The van der Waals surface area contributed by atoms with Crippen molar-refractivity contribution in [3.05, 3.63) is 0 Å². The molecule has 0 N–H and O–H groups in total. The van der Waals surface area contributed by atoms with Gasteiger partial charge < -0.3 is 4.74 Å². The summed E-state index contributed by atoms with van der Waals surface area (Å²) in [6.07, 6.45) is 4.43. The molecular formula is C13H28O. The summed E-state index contributed by atoms with van der Waals surface area (Å²) < 4.78 is 5.39. The van der Waals surface area contributed by atoms with Crippen molar-refractivity contribution in [1.82, 2.24) is 0 Å². The van der Waals surface area contributed by atoms with Gasteiger partial charge in [-0.25, -0.2) is 0 Å². The number of methoxy groups -OCH3 is 1. The van der Waals surface area contributed by atoms with Crippen LogP contribution in [0.1, 0.15) is 53.9 Å². The minimum absolute atomic E-state index is 0.537. The maximum atomic E-state index is 5.39. The SMILES string of the molecule is CC.COC1CCC(C(C)C)C(C)C1. The summed E-state index contributed by atoms with van der Waals surface area (Å²) >= 11 is 0. The molecule has 0 aromatic heterocycles. The van der Waals surface area contributed by atoms with E-state index in [1.807, 2.05) is 21.0 Å². The predicted molar refractivity (Wildman–Crippen MR) is 63.5 cm³/mol. The fourth-order valence-electron chi connectivity index (χ4n) is 2.57. The number of hydrogen-bond acceptors (Lipinski definition) is 1. The standard InChI is InChI=1S/C11H22O.C2H6/c1-8(2)11-6-5-10(12-4)7-9(11)3;1-2/h8-11H,5-7H2,1-4H3;1-2H3. The summed E-state index contributed by atoms with van der Waals surface area (Å²) in [4.78, 5) is 0. The van der Waals surface area contributed by atoms with E-state index >= 15 is 0 Å². The Morgan fingerprint density at radius 3 is 2.07 bits per heavy atom. The van der Waals surface area contributed by atoms with E-state index in [-0.39, 0.29) is 0 Å². The van der Waals surface area contributed by atoms with Gasteiger partial charge in [0.25, 0.3) is 0 Å². The van der Waals surface area contributed by atoms with Gasteiger partial charge in [0, 0.05) is 7.11 Å². The Morgan fingerprint density at radius 1 is 1.14 bits per heavy atom. The van der Waals surface area contributed by atoms with Gasteiger partial charge in [-0.05, 0) is 37.0 Å². The fraction of sp³-hybridized carbons (Fsp3) is 1.00. The average molecular weight is 200 g/mol. The zero-order chi connectivity index (χ0) is 11.1. The molecule has 1 aliphatic carbocycles. The van der Waals surface area contributed by atoms with Gasteiger partial charge in [-0.15, -0.1) is 0 Å². The van der Waals surface area contributed by atoms with Crippen LogP contribution in [0.2, 0.25) is 0 Å². The highest BCUT2D eigenvalue weighted by atomic mass is 16.5. The second kappa shape index (κ2) is 7.28. The van der Waals surface area contributed by atoms with Crippen LogP contribution in [0.3, 0.4) is 0 Å². The van der Waals surface area contributed by atoms with Crippen LogP contribution in [-0.4, -0.2) is 13.2 Å². The van der Waals surface area contributed by atoms with Crippen molar-refractivity contribution < 1.29 is 4.74 Å². The highest BCUT2D eigenvalue weighted by molar-refractivity contribution is 4.79. The van der Waals surface area contributed by atoms with Gasteiger partial charge in [0.05, 0.1) is 6.10 Å². The third-order valence-electron chi connectivity index (χ3n) is 3.38. The molecular weight excluding hydrogens is 172 g/mol. The van der Waals surface area contributed by atoms with Crippen molar-refractivity contribution in [2.45, 2.75) is 60.0 Å². The fourth-order valence-corrected chi connectivity index (χ4v) is 2.57. The first-order chi connectivity index (χ1) is 6.65. The lowest BCUT2D eigenvalue weighted by molar-refractivity contribution is 0.0229. The van der Waals surface area contributed by atoms with E-state index in [4.69, 9.17) is 4.74 Å². The van der Waals surface area contributed by atoms with Crippen molar-refractivity contribution in [3.63, 3.8) is 0 Å². The smallest absolute Gasteiger partial charge is 0.0574 e. The quantitative estimate of drug-likeness (QED) is 0.651. The van der Waals surface area contributed by atoms with Gasteiger partial charge in [0.1, 0.15) is 0 Å². The highest BCUT2D eigenvalue weighted by Gasteiger charge is 2.28. The first-order valence-corrected chi connectivity index (χ1v) is 6.18. The Hall–Kier alpha value is -0.0400. The van der Waals surface area contributed by atoms with E-state index in [0.717, 1.165) is 17.8 Å². The van der Waals surface area contributed by atoms with Gasteiger partial charge >= 0.3 is 0 Å². The van der Waals surface area contributed by atoms with Crippen LogP contribution in [-0.2, 0) is 4.74 Å². The molecule has 14 heavy (non-hydrogen) atoms. The molecule has 1 heteroatoms. The Labute approximate surface area is 90.2 Å². The highest BCUT2D eigenvalue weighted by Crippen LogP contribution is 2.35. The molecule has 0 saturated heterocycles. The van der Waals surface area contributed by atoms with Crippen LogP contribution in [0.15, 0.2) is 0 Å². The largest absolute Gasteiger partial charge is 0.381 e. The van der Waals surface area contributed by atoms with E-state index in [2.05, 4.69) is 20.8 Å². The number of rotatable bonds is 2. The minimum atomic E-state index is 0.537. The van der Waals surface area contributed by atoms with Crippen molar-refractivity contribution in [3.8, 4) is 0 Å². The number of hydrogen-bond donors (Lipinski definition) is 0. The predicted octanol–water partition coefficient (Wildman–Crippen LogP) is 4.12. The molecule has 0 aromatic carbocycles. The van der Waals surface area contributed by atoms with Crippen molar-refractivity contribution in [2.75, 3.05) is 7.11 Å². The molecule has 1 fully saturated rings. The topological polar surface area (TPSA) is 9.23 Å². The Balaban J connectivity index is 0.000000791. The molecule has 3 unspecified atom stereocenters. The van der Waals surface area contributed by atoms with Crippen LogP contribution in [0.25, 0.3) is 0 Å². The molecule has 1 aliphatic rings. The van der Waals surface area contributed by atoms with Crippen molar-refractivity contribution in [1.29, 1.82) is 0 Å². The molecule has 0 aromatic rings. The second-order valence-electron chi connectivity index (χ2n) is 4.56. The molecule has 1 saturated carbocycles. The first-order valence-electron chi connectivity index (χ1n) is 6.18. The Kier molecular flexibility index (Phi) is 7.26. The zero-order valence-electron chi connectivity index (χ0n) is 10.8. The molecule has 0 radical (unpaired) electrons. The van der Waals surface area contributed by atoms with Gasteiger partial charge in [0.2, 0.25) is 0 Å². The molecule has 3 atom stereocenters. The molecule has 0 aliphatic heterocycles. The maximum Gasteiger partial charge on any atom is 0.0574 e. The maximum absolute atomic E-state index is 5.39. The van der Waals surface area contributed by atoms with Gasteiger partial charge in [-0.2, -0.15) is 0 Å². The van der Waals surface area contributed by atoms with E-state index in [1.54, 1.807) is 0 Å². The summed E-state index contributed by atoms with van der Waals surface area (Å²) in [5, 5.41) is 0. The Morgan fingerprint density at radius 2 is 1.71 bits per heavy atom. The second-order valence-corrected chi connectivity index (χ2v) is 4.56. The summed E-state index contributed by atoms with van der Waals surface area (Å²) in [7, 11) is 1.84. The van der Waals surface area contributed by atoms with Crippen molar-refractivity contribution >= 4 is 0 Å². The van der Waals surface area contributed by atoms with Crippen LogP contribution < -0.4 is 0 Å². The normalized spacial score (nSPS) is 32.4. The summed E-state index contributed by atoms with van der Waals surface area (Å²) in [5.74, 6) is 2.62. The lowest BCUT2D eigenvalue weighted by Gasteiger charge is -2.35. The summed E-state index contributed by atoms with van der Waals surface area (Å²) in [5.41, 5.74) is 0. The van der Waals surface area contributed by atoms with Crippen LogP contribution in [0.5, 0.6) is 0 Å². The Bertz CT molecular complexity index is 131. The minimum Gasteiger partial charge on any atom is -0.381 e. The van der Waals surface area contributed by atoms with Crippen LogP contribution in [0, 0.1) is 17.8 Å². The first kappa shape index (κ1) is 14.0. The zero-order valence-corrected chi connectivity index (χ0v) is 10.8. The molecule has 0 bridgehead atoms. The summed E-state index contributed by atoms with van der Waals surface area (Å²) in [6.45, 7) is 11.1. The van der Waals surface area contributed by atoms with Gasteiger partial charge in [-0.1, -0.05) is 34.6 Å². The van der Waals surface area contributed by atoms with Crippen LogP contribution in [0.4, 0.5) is 0 Å². The van der Waals surface area contributed by atoms with Crippen molar-refractivity contribution in [2.24, 2.45) is 17.8 Å². The molecule has 86 valence electrons. The third kappa shape index (κ3) is 4.00. The third-order valence-corrected chi connectivity index (χ3v) is 3.38.